The first-order valence-corrected chi connectivity index (χ1v) is 11.7. The Labute approximate surface area is 195 Å². The minimum atomic E-state index is -0.912. The van der Waals surface area contributed by atoms with Crippen LogP contribution in [-0.4, -0.2) is 47.4 Å². The highest BCUT2D eigenvalue weighted by atomic mass is 16.6. The third-order valence-electron chi connectivity index (χ3n) is 8.24. The highest BCUT2D eigenvalue weighted by molar-refractivity contribution is 5.89. The Morgan fingerprint density at radius 2 is 1.58 bits per heavy atom. The number of hydrogen-bond acceptors (Lipinski definition) is 7. The van der Waals surface area contributed by atoms with Gasteiger partial charge >= 0.3 is 17.9 Å². The van der Waals surface area contributed by atoms with Gasteiger partial charge in [-0.15, -0.1) is 0 Å². The van der Waals surface area contributed by atoms with Gasteiger partial charge in [0, 0.05) is 19.8 Å². The van der Waals surface area contributed by atoms with Crippen LogP contribution >= 0.6 is 0 Å². The second-order valence-electron chi connectivity index (χ2n) is 10.5. The molecule has 1 aromatic rings. The summed E-state index contributed by atoms with van der Waals surface area (Å²) in [6.07, 6.45) is -0.0658. The quantitative estimate of drug-likeness (QED) is 0.496. The maximum absolute atomic E-state index is 13.3. The van der Waals surface area contributed by atoms with E-state index in [0.717, 1.165) is 6.42 Å². The van der Waals surface area contributed by atoms with Crippen molar-refractivity contribution in [1.29, 1.82) is 0 Å². The van der Waals surface area contributed by atoms with E-state index < -0.39 is 52.8 Å². The summed E-state index contributed by atoms with van der Waals surface area (Å²) in [5.41, 5.74) is -1.83. The Hall–Kier alpha value is -2.41. The van der Waals surface area contributed by atoms with E-state index in [2.05, 4.69) is 6.92 Å². The van der Waals surface area contributed by atoms with Crippen molar-refractivity contribution in [2.24, 2.45) is 17.3 Å². The van der Waals surface area contributed by atoms with Crippen molar-refractivity contribution in [3.8, 4) is 0 Å². The Bertz CT molecular complexity index is 941. The van der Waals surface area contributed by atoms with Crippen LogP contribution in [0.3, 0.4) is 0 Å². The highest BCUT2D eigenvalue weighted by Gasteiger charge is 2.77. The average molecular weight is 459 g/mol. The Morgan fingerprint density at radius 3 is 2.18 bits per heavy atom. The summed E-state index contributed by atoms with van der Waals surface area (Å²) in [4.78, 5) is 37.5. The van der Waals surface area contributed by atoms with Crippen LogP contribution in [0.2, 0.25) is 0 Å². The van der Waals surface area contributed by atoms with E-state index in [4.69, 9.17) is 18.9 Å². The van der Waals surface area contributed by atoms with Crippen molar-refractivity contribution in [2.45, 2.75) is 90.3 Å². The number of hydrogen-bond donors (Lipinski definition) is 0. The lowest BCUT2D eigenvalue weighted by Gasteiger charge is -2.61. The molecule has 2 saturated carbocycles. The predicted octanol–water partition coefficient (Wildman–Crippen LogP) is 4.08. The normalized spacial score (nSPS) is 38.7. The van der Waals surface area contributed by atoms with Crippen molar-refractivity contribution in [3.05, 3.63) is 35.9 Å². The molecule has 1 aromatic carbocycles. The van der Waals surface area contributed by atoms with Gasteiger partial charge in [-0.2, -0.15) is 0 Å². The molecule has 33 heavy (non-hydrogen) atoms. The Balaban J connectivity index is 1.86. The topological polar surface area (TPSA) is 88.1 Å². The van der Waals surface area contributed by atoms with Crippen LogP contribution in [0.1, 0.15) is 71.2 Å². The predicted molar refractivity (Wildman–Crippen MR) is 119 cm³/mol. The average Bonchev–Trinajstić information content (AvgIpc) is 3.01. The molecule has 1 spiro atoms. The molecule has 1 aliphatic heterocycles. The molecule has 1 heterocycles. The van der Waals surface area contributed by atoms with Crippen LogP contribution in [0.15, 0.2) is 30.3 Å². The molecule has 0 N–H and O–H groups in total. The molecule has 0 aromatic heterocycles. The van der Waals surface area contributed by atoms with Gasteiger partial charge in [-0.05, 0) is 58.1 Å². The van der Waals surface area contributed by atoms with E-state index in [-0.39, 0.29) is 11.8 Å². The van der Waals surface area contributed by atoms with Crippen molar-refractivity contribution >= 4 is 17.9 Å². The van der Waals surface area contributed by atoms with E-state index in [0.29, 0.717) is 18.4 Å². The molecular weight excluding hydrogens is 424 g/mol. The summed E-state index contributed by atoms with van der Waals surface area (Å²) in [6.45, 7) is 10.8. The van der Waals surface area contributed by atoms with Crippen LogP contribution in [0.5, 0.6) is 0 Å². The summed E-state index contributed by atoms with van der Waals surface area (Å²) in [7, 11) is 0. The summed E-state index contributed by atoms with van der Waals surface area (Å²) in [5, 5.41) is 0. The zero-order valence-electron chi connectivity index (χ0n) is 20.3. The number of ether oxygens (including phenoxy) is 4. The standard InChI is InChI=1S/C26H34O7/c1-15-12-13-20(30-16(2)27)25(6)22(32-23(29)18-10-8-7-9-11-18)21(31-17(3)28)19-14-26(15,25)33-24(19,4)5/h7-11,15,19-22H,12-14H2,1-6H3/t15-,19+,20+,21+,22-,25+,26+/m1/s1. The first-order valence-electron chi connectivity index (χ1n) is 11.7. The lowest BCUT2D eigenvalue weighted by Crippen LogP contribution is -2.71. The van der Waals surface area contributed by atoms with Crippen molar-refractivity contribution in [2.75, 3.05) is 0 Å². The fourth-order valence-electron chi connectivity index (χ4n) is 6.68. The smallest absolute Gasteiger partial charge is 0.338 e. The third-order valence-corrected chi connectivity index (χ3v) is 8.24. The molecule has 0 amide bonds. The zero-order valence-corrected chi connectivity index (χ0v) is 20.3. The molecule has 2 bridgehead atoms. The minimum absolute atomic E-state index is 0.134. The van der Waals surface area contributed by atoms with E-state index in [1.807, 2.05) is 26.8 Å². The number of fused-ring (bicyclic) bond motifs is 1. The van der Waals surface area contributed by atoms with Gasteiger partial charge in [0.1, 0.15) is 12.2 Å². The first kappa shape index (κ1) is 23.7. The minimum Gasteiger partial charge on any atom is -0.462 e. The van der Waals surface area contributed by atoms with Crippen molar-refractivity contribution in [3.63, 3.8) is 0 Å². The van der Waals surface area contributed by atoms with Crippen molar-refractivity contribution < 1.29 is 33.3 Å². The largest absolute Gasteiger partial charge is 0.462 e. The van der Waals surface area contributed by atoms with Crippen LogP contribution in [0, 0.1) is 17.3 Å². The van der Waals surface area contributed by atoms with Gasteiger partial charge in [-0.25, -0.2) is 4.79 Å². The number of esters is 3. The van der Waals surface area contributed by atoms with Gasteiger partial charge in [-0.1, -0.05) is 25.1 Å². The Kier molecular flexibility index (Phi) is 5.84. The van der Waals surface area contributed by atoms with Gasteiger partial charge in [0.2, 0.25) is 0 Å². The third kappa shape index (κ3) is 3.65. The van der Waals surface area contributed by atoms with E-state index >= 15 is 0 Å². The molecule has 2 aliphatic carbocycles. The SMILES string of the molecule is CC(=O)O[C@@H]1[C@@H](OC(=O)c2ccccc2)[C@]2(C)[C@@H](OC(C)=O)CC[C@@H](C)[C@@]23C[C@@H]1C(C)(C)O3. The van der Waals surface area contributed by atoms with E-state index in [9.17, 15) is 14.4 Å². The van der Waals surface area contributed by atoms with Gasteiger partial charge in [0.05, 0.1) is 22.2 Å². The number of rotatable bonds is 4. The molecule has 4 rings (SSSR count). The summed E-state index contributed by atoms with van der Waals surface area (Å²) in [5.74, 6) is -1.40. The highest BCUT2D eigenvalue weighted by Crippen LogP contribution is 2.67. The molecule has 3 fully saturated rings. The van der Waals surface area contributed by atoms with Crippen molar-refractivity contribution in [1.82, 2.24) is 0 Å². The van der Waals surface area contributed by atoms with Crippen LogP contribution < -0.4 is 0 Å². The van der Waals surface area contributed by atoms with Crippen LogP contribution in [0.4, 0.5) is 0 Å². The van der Waals surface area contributed by atoms with Gasteiger partial charge in [0.15, 0.2) is 6.10 Å². The number of carbonyl (C=O) groups excluding carboxylic acids is 3. The molecule has 7 heteroatoms. The van der Waals surface area contributed by atoms with Gasteiger partial charge in [0.25, 0.3) is 0 Å². The van der Waals surface area contributed by atoms with Crippen LogP contribution in [0.25, 0.3) is 0 Å². The second kappa shape index (κ2) is 8.12. The molecular formula is C26H34O7. The lowest BCUT2D eigenvalue weighted by atomic mass is 9.49. The maximum atomic E-state index is 13.3. The molecule has 180 valence electrons. The fourth-order valence-corrected chi connectivity index (χ4v) is 6.68. The summed E-state index contributed by atoms with van der Waals surface area (Å²) in [6, 6.07) is 8.73. The number of carbonyl (C=O) groups is 3. The summed E-state index contributed by atoms with van der Waals surface area (Å²) < 4.78 is 24.8. The van der Waals surface area contributed by atoms with E-state index in [1.165, 1.54) is 13.8 Å². The van der Waals surface area contributed by atoms with Crippen LogP contribution in [-0.2, 0) is 28.5 Å². The first-order chi connectivity index (χ1) is 15.4. The van der Waals surface area contributed by atoms with Gasteiger partial charge < -0.3 is 18.9 Å². The molecule has 7 nitrogen and oxygen atoms in total. The number of benzene rings is 1. The molecule has 1 saturated heterocycles. The molecule has 3 aliphatic rings. The summed E-state index contributed by atoms with van der Waals surface area (Å²) >= 11 is 0. The lowest BCUT2D eigenvalue weighted by molar-refractivity contribution is -0.270. The zero-order chi connectivity index (χ0) is 24.2. The van der Waals surface area contributed by atoms with Gasteiger partial charge in [-0.3, -0.25) is 9.59 Å². The maximum Gasteiger partial charge on any atom is 0.338 e. The fraction of sp³-hybridized carbons (Fsp3) is 0.654. The second-order valence-corrected chi connectivity index (χ2v) is 10.5. The monoisotopic (exact) mass is 458 g/mol. The molecule has 0 radical (unpaired) electrons. The molecule has 0 unspecified atom stereocenters. The van der Waals surface area contributed by atoms with E-state index in [1.54, 1.807) is 24.3 Å². The molecule has 7 atom stereocenters. The Morgan fingerprint density at radius 1 is 0.939 bits per heavy atom.